The van der Waals surface area contributed by atoms with Crippen molar-refractivity contribution in [2.75, 3.05) is 13.1 Å². The van der Waals surface area contributed by atoms with Crippen LogP contribution in [-0.4, -0.2) is 49.9 Å². The van der Waals surface area contributed by atoms with Gasteiger partial charge in [-0.25, -0.2) is 9.37 Å². The van der Waals surface area contributed by atoms with Gasteiger partial charge in [0.2, 0.25) is 5.65 Å². The number of carbonyl (C=O) groups excluding carboxylic acids is 1. The molecule has 2 unspecified atom stereocenters. The average Bonchev–Trinajstić information content (AvgIpc) is 3.23. The Labute approximate surface area is 160 Å². The number of hydrogen-bond acceptors (Lipinski definition) is 4. The SMILES string of the molecule is Cn1c(-c2ccc(F)cc2)cn2cc(C(=O)N3C4CCC3CNC4)nc2c1=O. The van der Waals surface area contributed by atoms with Gasteiger partial charge in [0.1, 0.15) is 11.5 Å². The van der Waals surface area contributed by atoms with Gasteiger partial charge < -0.3 is 14.8 Å². The van der Waals surface area contributed by atoms with Crippen LogP contribution in [0.4, 0.5) is 4.39 Å². The van der Waals surface area contributed by atoms with Crippen LogP contribution in [0.3, 0.4) is 0 Å². The molecule has 2 aliphatic rings. The van der Waals surface area contributed by atoms with Crippen LogP contribution < -0.4 is 10.9 Å². The van der Waals surface area contributed by atoms with Crippen molar-refractivity contribution in [3.05, 3.63) is 58.5 Å². The maximum Gasteiger partial charge on any atom is 0.294 e. The van der Waals surface area contributed by atoms with Crippen LogP contribution in [0, 0.1) is 5.82 Å². The second-order valence-corrected chi connectivity index (χ2v) is 7.50. The summed E-state index contributed by atoms with van der Waals surface area (Å²) in [5.74, 6) is -0.459. The summed E-state index contributed by atoms with van der Waals surface area (Å²) >= 11 is 0. The van der Waals surface area contributed by atoms with Gasteiger partial charge in [0.25, 0.3) is 11.5 Å². The highest BCUT2D eigenvalue weighted by atomic mass is 19.1. The summed E-state index contributed by atoms with van der Waals surface area (Å²) in [4.78, 5) is 32.2. The molecular formula is C20H20FN5O2. The number of rotatable bonds is 2. The number of nitrogens with one attached hydrogen (secondary N) is 1. The third kappa shape index (κ3) is 2.56. The van der Waals surface area contributed by atoms with Crippen molar-refractivity contribution in [3.63, 3.8) is 0 Å². The molecule has 1 N–H and O–H groups in total. The van der Waals surface area contributed by atoms with Gasteiger partial charge >= 0.3 is 0 Å². The predicted octanol–water partition coefficient (Wildman–Crippen LogP) is 1.42. The minimum atomic E-state index is -0.337. The summed E-state index contributed by atoms with van der Waals surface area (Å²) in [6.07, 6.45) is 5.36. The molecule has 0 aliphatic carbocycles. The van der Waals surface area contributed by atoms with E-state index < -0.39 is 0 Å². The lowest BCUT2D eigenvalue weighted by atomic mass is 10.1. The van der Waals surface area contributed by atoms with Crippen LogP contribution in [0.1, 0.15) is 23.3 Å². The van der Waals surface area contributed by atoms with Crippen LogP contribution in [-0.2, 0) is 7.05 Å². The van der Waals surface area contributed by atoms with Crippen molar-refractivity contribution in [3.8, 4) is 11.3 Å². The quantitative estimate of drug-likeness (QED) is 0.729. The molecule has 3 aromatic rings. The average molecular weight is 381 g/mol. The molecule has 2 aromatic heterocycles. The molecule has 1 aromatic carbocycles. The molecule has 2 bridgehead atoms. The van der Waals surface area contributed by atoms with E-state index in [4.69, 9.17) is 0 Å². The standard InChI is InChI=1S/C20H20FN5O2/c1-24-17(12-2-4-13(21)5-3-12)11-25-10-16(23-18(25)20(24)28)19(27)26-14-6-7-15(26)9-22-8-14/h2-5,10-11,14-15,22H,6-9H2,1H3. The smallest absolute Gasteiger partial charge is 0.294 e. The fourth-order valence-electron chi connectivity index (χ4n) is 4.36. The van der Waals surface area contributed by atoms with Crippen LogP contribution in [0.15, 0.2) is 41.5 Å². The number of benzene rings is 1. The molecule has 2 atom stereocenters. The molecule has 4 heterocycles. The van der Waals surface area contributed by atoms with E-state index in [9.17, 15) is 14.0 Å². The molecule has 2 aliphatic heterocycles. The molecule has 2 saturated heterocycles. The van der Waals surface area contributed by atoms with Crippen molar-refractivity contribution < 1.29 is 9.18 Å². The first kappa shape index (κ1) is 17.1. The first-order valence-electron chi connectivity index (χ1n) is 9.41. The number of imidazole rings is 1. The Balaban J connectivity index is 1.58. The number of halogens is 1. The highest BCUT2D eigenvalue weighted by molar-refractivity contribution is 5.93. The number of carbonyl (C=O) groups is 1. The Bertz CT molecular complexity index is 1120. The van der Waals surface area contributed by atoms with Crippen molar-refractivity contribution in [2.24, 2.45) is 7.05 Å². The van der Waals surface area contributed by atoms with Gasteiger partial charge in [0.05, 0.1) is 5.69 Å². The Kier molecular flexibility index (Phi) is 3.83. The summed E-state index contributed by atoms with van der Waals surface area (Å²) in [5.41, 5.74) is 1.52. The number of fused-ring (bicyclic) bond motifs is 3. The predicted molar refractivity (Wildman–Crippen MR) is 102 cm³/mol. The summed E-state index contributed by atoms with van der Waals surface area (Å²) in [5, 5.41) is 3.36. The lowest BCUT2D eigenvalue weighted by Crippen LogP contribution is -2.54. The number of nitrogens with zero attached hydrogens (tertiary/aromatic N) is 4. The lowest BCUT2D eigenvalue weighted by molar-refractivity contribution is 0.0614. The largest absolute Gasteiger partial charge is 0.329 e. The Morgan fingerprint density at radius 2 is 1.82 bits per heavy atom. The Hall–Kier alpha value is -3.00. The van der Waals surface area contributed by atoms with Gasteiger partial charge in [-0.3, -0.25) is 14.0 Å². The zero-order chi connectivity index (χ0) is 19.4. The highest BCUT2D eigenvalue weighted by Gasteiger charge is 2.40. The summed E-state index contributed by atoms with van der Waals surface area (Å²) in [7, 11) is 1.65. The van der Waals surface area contributed by atoms with Gasteiger partial charge in [0, 0.05) is 44.6 Å². The van der Waals surface area contributed by atoms with Crippen molar-refractivity contribution in [1.82, 2.24) is 24.2 Å². The van der Waals surface area contributed by atoms with E-state index in [0.29, 0.717) is 11.3 Å². The molecule has 28 heavy (non-hydrogen) atoms. The summed E-state index contributed by atoms with van der Waals surface area (Å²) in [6.45, 7) is 1.60. The summed E-state index contributed by atoms with van der Waals surface area (Å²) in [6, 6.07) is 6.33. The Morgan fingerprint density at radius 1 is 1.14 bits per heavy atom. The van der Waals surface area contributed by atoms with Crippen LogP contribution in [0.25, 0.3) is 16.9 Å². The highest BCUT2D eigenvalue weighted by Crippen LogP contribution is 2.28. The monoisotopic (exact) mass is 381 g/mol. The topological polar surface area (TPSA) is 71.6 Å². The van der Waals surface area contributed by atoms with Crippen molar-refractivity contribution in [1.29, 1.82) is 0 Å². The first-order chi connectivity index (χ1) is 13.5. The zero-order valence-electron chi connectivity index (χ0n) is 15.4. The van der Waals surface area contributed by atoms with Crippen LogP contribution in [0.2, 0.25) is 0 Å². The summed E-state index contributed by atoms with van der Waals surface area (Å²) < 4.78 is 16.3. The fraction of sp³-hybridized carbons (Fsp3) is 0.350. The Morgan fingerprint density at radius 3 is 2.50 bits per heavy atom. The number of amides is 1. The van der Waals surface area contributed by atoms with Crippen LogP contribution in [0.5, 0.6) is 0 Å². The zero-order valence-corrected chi connectivity index (χ0v) is 15.4. The number of hydrogen-bond donors (Lipinski definition) is 1. The molecule has 5 rings (SSSR count). The van der Waals surface area contributed by atoms with Crippen LogP contribution >= 0.6 is 0 Å². The van der Waals surface area contributed by atoms with Crippen molar-refractivity contribution >= 4 is 11.6 Å². The van der Waals surface area contributed by atoms with E-state index in [1.165, 1.54) is 16.7 Å². The van der Waals surface area contributed by atoms with E-state index in [-0.39, 0.29) is 40.7 Å². The maximum absolute atomic E-state index is 13.2. The van der Waals surface area contributed by atoms with E-state index >= 15 is 0 Å². The molecule has 0 spiro atoms. The molecule has 2 fully saturated rings. The number of piperazine rings is 1. The molecule has 0 saturated carbocycles. The first-order valence-corrected chi connectivity index (χ1v) is 9.41. The van der Waals surface area contributed by atoms with Gasteiger partial charge in [-0.2, -0.15) is 0 Å². The van der Waals surface area contributed by atoms with Gasteiger partial charge in [-0.05, 0) is 42.7 Å². The van der Waals surface area contributed by atoms with Crippen molar-refractivity contribution in [2.45, 2.75) is 24.9 Å². The molecule has 8 heteroatoms. The normalized spacial score (nSPS) is 21.4. The number of aromatic nitrogens is 3. The second kappa shape index (κ2) is 6.27. The van der Waals surface area contributed by atoms with E-state index in [2.05, 4.69) is 10.3 Å². The third-order valence-corrected chi connectivity index (χ3v) is 5.82. The minimum Gasteiger partial charge on any atom is -0.329 e. The van der Waals surface area contributed by atoms with Gasteiger partial charge in [0.15, 0.2) is 0 Å². The molecule has 144 valence electrons. The molecule has 7 nitrogen and oxygen atoms in total. The lowest BCUT2D eigenvalue weighted by Gasteiger charge is -2.34. The molecular weight excluding hydrogens is 361 g/mol. The third-order valence-electron chi connectivity index (χ3n) is 5.82. The minimum absolute atomic E-state index is 0.122. The van der Waals surface area contributed by atoms with E-state index in [0.717, 1.165) is 25.9 Å². The van der Waals surface area contributed by atoms with Gasteiger partial charge in [-0.15, -0.1) is 0 Å². The van der Waals surface area contributed by atoms with E-state index in [1.54, 1.807) is 36.0 Å². The fourth-order valence-corrected chi connectivity index (χ4v) is 4.36. The second-order valence-electron chi connectivity index (χ2n) is 7.50. The molecule has 0 radical (unpaired) electrons. The molecule has 1 amide bonds. The maximum atomic E-state index is 13.2. The van der Waals surface area contributed by atoms with E-state index in [1.807, 2.05) is 4.90 Å². The van der Waals surface area contributed by atoms with Gasteiger partial charge in [-0.1, -0.05) is 0 Å².